The van der Waals surface area contributed by atoms with Gasteiger partial charge in [-0.15, -0.1) is 0 Å². The van der Waals surface area contributed by atoms with E-state index >= 15 is 0 Å². The smallest absolute Gasteiger partial charge is 0.192 e. The zero-order valence-electron chi connectivity index (χ0n) is 22.1. The average molecular weight is 472 g/mol. The van der Waals surface area contributed by atoms with E-state index in [2.05, 4.69) is 68.5 Å². The molecular formula is C28H42FNO2Si. The minimum atomic E-state index is -2.03. The Balaban J connectivity index is 2.21. The van der Waals surface area contributed by atoms with E-state index in [-0.39, 0.29) is 28.3 Å². The van der Waals surface area contributed by atoms with Gasteiger partial charge in [-0.3, -0.25) is 4.98 Å². The van der Waals surface area contributed by atoms with Gasteiger partial charge in [0.05, 0.1) is 6.10 Å². The standard InChI is InChI=1S/C28H42FNO2Si/c1-17(2)25-24(26(31)19-11-13-20(29)14-12-19)18(3)23-21(30-25)15-28(7,8)16-22(23)32-33(9,10)27(4,5)6/h11-14,17,22,26,31H,15-16H2,1-10H3. The number of pyridine rings is 1. The van der Waals surface area contributed by atoms with E-state index in [4.69, 9.17) is 9.41 Å². The molecule has 0 radical (unpaired) electrons. The summed E-state index contributed by atoms with van der Waals surface area (Å²) >= 11 is 0. The van der Waals surface area contributed by atoms with E-state index in [1.54, 1.807) is 12.1 Å². The van der Waals surface area contributed by atoms with Crippen molar-refractivity contribution >= 4 is 8.32 Å². The fraction of sp³-hybridized carbons (Fsp3) is 0.607. The molecule has 1 aromatic heterocycles. The van der Waals surface area contributed by atoms with Crippen LogP contribution in [0.15, 0.2) is 24.3 Å². The van der Waals surface area contributed by atoms with Gasteiger partial charge in [0, 0.05) is 22.5 Å². The summed E-state index contributed by atoms with van der Waals surface area (Å²) in [5, 5.41) is 11.6. The van der Waals surface area contributed by atoms with Gasteiger partial charge in [-0.05, 0) is 72.5 Å². The van der Waals surface area contributed by atoms with Gasteiger partial charge in [-0.1, -0.05) is 60.6 Å². The zero-order valence-corrected chi connectivity index (χ0v) is 23.1. The third kappa shape index (κ3) is 5.26. The summed E-state index contributed by atoms with van der Waals surface area (Å²) in [7, 11) is -2.03. The Labute approximate surface area is 200 Å². The molecule has 2 aromatic rings. The molecule has 1 aliphatic carbocycles. The van der Waals surface area contributed by atoms with Crippen LogP contribution in [0.4, 0.5) is 4.39 Å². The van der Waals surface area contributed by atoms with E-state index in [0.717, 1.165) is 40.9 Å². The number of hydrogen-bond acceptors (Lipinski definition) is 3. The lowest BCUT2D eigenvalue weighted by Crippen LogP contribution is -2.44. The first kappa shape index (κ1) is 26.0. The molecular weight excluding hydrogens is 429 g/mol. The number of aromatic nitrogens is 1. The van der Waals surface area contributed by atoms with Gasteiger partial charge in [-0.25, -0.2) is 4.39 Å². The summed E-state index contributed by atoms with van der Waals surface area (Å²) in [4.78, 5) is 5.18. The van der Waals surface area contributed by atoms with Crippen LogP contribution in [0.2, 0.25) is 18.1 Å². The maximum atomic E-state index is 13.5. The van der Waals surface area contributed by atoms with E-state index in [0.29, 0.717) is 5.56 Å². The van der Waals surface area contributed by atoms with Crippen LogP contribution in [0.5, 0.6) is 0 Å². The van der Waals surface area contributed by atoms with Crippen molar-refractivity contribution in [1.82, 2.24) is 4.98 Å². The lowest BCUT2D eigenvalue weighted by atomic mass is 9.72. The molecule has 182 valence electrons. The highest BCUT2D eigenvalue weighted by Crippen LogP contribution is 2.49. The van der Waals surface area contributed by atoms with Gasteiger partial charge in [0.25, 0.3) is 0 Å². The van der Waals surface area contributed by atoms with Crippen LogP contribution < -0.4 is 0 Å². The van der Waals surface area contributed by atoms with Crippen LogP contribution >= 0.6 is 0 Å². The molecule has 0 saturated carbocycles. The van der Waals surface area contributed by atoms with E-state index < -0.39 is 14.4 Å². The molecule has 0 bridgehead atoms. The number of rotatable bonds is 5. The Morgan fingerprint density at radius 1 is 1.15 bits per heavy atom. The van der Waals surface area contributed by atoms with Crippen molar-refractivity contribution in [3.8, 4) is 0 Å². The maximum Gasteiger partial charge on any atom is 0.192 e. The highest BCUT2D eigenvalue weighted by atomic mass is 28.4. The van der Waals surface area contributed by atoms with Crippen LogP contribution in [0.3, 0.4) is 0 Å². The summed E-state index contributed by atoms with van der Waals surface area (Å²) in [5.74, 6) is -0.149. The number of benzene rings is 1. The molecule has 0 spiro atoms. The van der Waals surface area contributed by atoms with Gasteiger partial charge in [-0.2, -0.15) is 0 Å². The summed E-state index contributed by atoms with van der Waals surface area (Å²) < 4.78 is 20.5. The molecule has 0 fully saturated rings. The van der Waals surface area contributed by atoms with Crippen molar-refractivity contribution in [3.05, 3.63) is 63.7 Å². The van der Waals surface area contributed by atoms with Crippen LogP contribution in [-0.2, 0) is 10.8 Å². The second-order valence-corrected chi connectivity index (χ2v) is 17.2. The van der Waals surface area contributed by atoms with E-state index in [9.17, 15) is 9.50 Å². The van der Waals surface area contributed by atoms with Crippen molar-refractivity contribution in [2.75, 3.05) is 0 Å². The Bertz CT molecular complexity index is 1010. The number of nitrogens with zero attached hydrogens (tertiary/aromatic N) is 1. The van der Waals surface area contributed by atoms with Gasteiger partial charge in [0.1, 0.15) is 11.9 Å². The van der Waals surface area contributed by atoms with Crippen molar-refractivity contribution in [3.63, 3.8) is 0 Å². The number of aliphatic hydroxyl groups is 1. The Hall–Kier alpha value is -1.56. The van der Waals surface area contributed by atoms with Crippen molar-refractivity contribution in [1.29, 1.82) is 0 Å². The predicted octanol–water partition coefficient (Wildman–Crippen LogP) is 7.77. The molecule has 2 atom stereocenters. The highest BCUT2D eigenvalue weighted by molar-refractivity contribution is 6.74. The lowest BCUT2D eigenvalue weighted by molar-refractivity contribution is 0.105. The zero-order chi connectivity index (χ0) is 24.9. The molecule has 3 nitrogen and oxygen atoms in total. The second-order valence-electron chi connectivity index (χ2n) is 12.4. The fourth-order valence-corrected chi connectivity index (χ4v) is 6.01. The quantitative estimate of drug-likeness (QED) is 0.453. The topological polar surface area (TPSA) is 42.4 Å². The predicted molar refractivity (Wildman–Crippen MR) is 137 cm³/mol. The fourth-order valence-electron chi connectivity index (χ4n) is 4.74. The maximum absolute atomic E-state index is 13.5. The summed E-state index contributed by atoms with van der Waals surface area (Å²) in [6.45, 7) is 22.3. The van der Waals surface area contributed by atoms with Crippen molar-refractivity contribution in [2.24, 2.45) is 5.41 Å². The third-order valence-electron chi connectivity index (χ3n) is 7.61. The van der Waals surface area contributed by atoms with Gasteiger partial charge >= 0.3 is 0 Å². The first-order valence-corrected chi connectivity index (χ1v) is 15.1. The molecule has 1 aliphatic rings. The van der Waals surface area contributed by atoms with E-state index in [1.807, 2.05) is 0 Å². The van der Waals surface area contributed by atoms with Crippen LogP contribution in [0.1, 0.15) is 107 Å². The largest absolute Gasteiger partial charge is 0.410 e. The number of hydrogen-bond donors (Lipinski definition) is 1. The minimum Gasteiger partial charge on any atom is -0.410 e. The summed E-state index contributed by atoms with van der Waals surface area (Å²) in [5.41, 5.74) is 5.86. The summed E-state index contributed by atoms with van der Waals surface area (Å²) in [6, 6.07) is 6.13. The second kappa shape index (κ2) is 8.90. The Morgan fingerprint density at radius 3 is 2.24 bits per heavy atom. The summed E-state index contributed by atoms with van der Waals surface area (Å²) in [6.07, 6.45) is 0.928. The molecule has 1 heterocycles. The van der Waals surface area contributed by atoms with Crippen LogP contribution in [-0.4, -0.2) is 18.4 Å². The lowest BCUT2D eigenvalue weighted by Gasteiger charge is -2.45. The first-order valence-electron chi connectivity index (χ1n) is 12.2. The molecule has 33 heavy (non-hydrogen) atoms. The monoisotopic (exact) mass is 471 g/mol. The molecule has 0 aliphatic heterocycles. The third-order valence-corrected chi connectivity index (χ3v) is 12.1. The Morgan fingerprint density at radius 2 is 1.73 bits per heavy atom. The van der Waals surface area contributed by atoms with Gasteiger partial charge < -0.3 is 9.53 Å². The van der Waals surface area contributed by atoms with Crippen molar-refractivity contribution in [2.45, 2.75) is 104 Å². The highest BCUT2D eigenvalue weighted by Gasteiger charge is 2.44. The van der Waals surface area contributed by atoms with E-state index in [1.165, 1.54) is 12.1 Å². The molecule has 3 rings (SSSR count). The van der Waals surface area contributed by atoms with Crippen LogP contribution in [0, 0.1) is 18.2 Å². The van der Waals surface area contributed by atoms with Crippen molar-refractivity contribution < 1.29 is 13.9 Å². The van der Waals surface area contributed by atoms with Gasteiger partial charge in [0.2, 0.25) is 0 Å². The number of halogens is 1. The van der Waals surface area contributed by atoms with Crippen LogP contribution in [0.25, 0.3) is 0 Å². The Kier molecular flexibility index (Phi) is 7.03. The SMILES string of the molecule is Cc1c2c(nc(C(C)C)c1C(O)c1ccc(F)cc1)CC(C)(C)CC2O[Si](C)(C)C(C)(C)C. The normalized spacial score (nSPS) is 19.5. The number of fused-ring (bicyclic) bond motifs is 1. The molecule has 1 aromatic carbocycles. The first-order chi connectivity index (χ1) is 15.0. The molecule has 5 heteroatoms. The number of aliphatic hydroxyl groups excluding tert-OH is 1. The minimum absolute atomic E-state index is 0.0440. The molecule has 0 saturated heterocycles. The molecule has 0 amide bonds. The van der Waals surface area contributed by atoms with Gasteiger partial charge in [0.15, 0.2) is 8.32 Å². The molecule has 2 unspecified atom stereocenters. The molecule has 1 N–H and O–H groups in total. The average Bonchev–Trinajstić information content (AvgIpc) is 2.65.